The zero-order valence-electron chi connectivity index (χ0n) is 14.3. The fourth-order valence-corrected chi connectivity index (χ4v) is 2.47. The number of imidazole rings is 1. The van der Waals surface area contributed by atoms with E-state index >= 15 is 0 Å². The van der Waals surface area contributed by atoms with Gasteiger partial charge in [-0.1, -0.05) is 50.1 Å². The minimum atomic E-state index is 0.695. The molecule has 23 heavy (non-hydrogen) atoms. The van der Waals surface area contributed by atoms with Crippen molar-refractivity contribution in [3.8, 4) is 11.3 Å². The summed E-state index contributed by atoms with van der Waals surface area (Å²) in [5.74, 6) is 1.83. The second kappa shape index (κ2) is 8.98. The summed E-state index contributed by atoms with van der Waals surface area (Å²) in [6, 6.07) is 10.2. The van der Waals surface area contributed by atoms with Gasteiger partial charge in [-0.3, -0.25) is 4.99 Å². The summed E-state index contributed by atoms with van der Waals surface area (Å²) in [5.41, 5.74) is 2.19. The van der Waals surface area contributed by atoms with Crippen molar-refractivity contribution in [2.24, 2.45) is 4.99 Å². The van der Waals surface area contributed by atoms with Gasteiger partial charge in [0.05, 0.1) is 18.4 Å². The molecule has 1 aromatic carbocycles. The monoisotopic (exact) mass is 313 g/mol. The van der Waals surface area contributed by atoms with Gasteiger partial charge in [0.15, 0.2) is 5.96 Å². The molecule has 0 radical (unpaired) electrons. The van der Waals surface area contributed by atoms with Gasteiger partial charge in [-0.15, -0.1) is 0 Å². The van der Waals surface area contributed by atoms with Gasteiger partial charge in [0.25, 0.3) is 0 Å². The predicted octanol–water partition coefficient (Wildman–Crippen LogP) is 3.27. The van der Waals surface area contributed by atoms with E-state index in [0.717, 1.165) is 29.6 Å². The number of nitrogens with one attached hydrogen (secondary N) is 2. The molecule has 1 aromatic heterocycles. The molecule has 124 valence electrons. The number of unbranched alkanes of at least 4 members (excludes halogenated alkanes) is 2. The number of guanidine groups is 1. The fraction of sp³-hybridized carbons (Fsp3) is 0.444. The standard InChI is InChI=1S/C18H27N5/c1-4-5-9-12-20-18(19-2)23(3)14-17-21-13-16(22-17)15-10-7-6-8-11-15/h6-8,10-11,13H,4-5,9,12,14H2,1-3H3,(H,19,20)(H,21,22). The van der Waals surface area contributed by atoms with Crippen LogP contribution in [0.4, 0.5) is 0 Å². The molecule has 0 fully saturated rings. The lowest BCUT2D eigenvalue weighted by molar-refractivity contribution is 0.462. The van der Waals surface area contributed by atoms with Crippen LogP contribution >= 0.6 is 0 Å². The first-order chi connectivity index (χ1) is 11.2. The molecular weight excluding hydrogens is 286 g/mol. The molecule has 2 N–H and O–H groups in total. The molecule has 5 nitrogen and oxygen atoms in total. The van der Waals surface area contributed by atoms with E-state index < -0.39 is 0 Å². The molecule has 0 aliphatic carbocycles. The quantitative estimate of drug-likeness (QED) is 0.468. The van der Waals surface area contributed by atoms with E-state index in [1.807, 2.05) is 38.5 Å². The van der Waals surface area contributed by atoms with E-state index in [1.54, 1.807) is 0 Å². The van der Waals surface area contributed by atoms with Crippen molar-refractivity contribution in [2.75, 3.05) is 20.6 Å². The van der Waals surface area contributed by atoms with Crippen LogP contribution in [-0.2, 0) is 6.54 Å². The SMILES string of the molecule is CCCCCNC(=NC)N(C)Cc1ncc(-c2ccccc2)[nH]1. The molecule has 1 heterocycles. The van der Waals surface area contributed by atoms with Crippen LogP contribution in [0.15, 0.2) is 41.5 Å². The van der Waals surface area contributed by atoms with E-state index in [1.165, 1.54) is 19.3 Å². The predicted molar refractivity (Wildman–Crippen MR) is 96.4 cm³/mol. The van der Waals surface area contributed by atoms with Crippen molar-refractivity contribution in [3.63, 3.8) is 0 Å². The minimum Gasteiger partial charge on any atom is -0.356 e. The van der Waals surface area contributed by atoms with Crippen molar-refractivity contribution in [1.29, 1.82) is 0 Å². The summed E-state index contributed by atoms with van der Waals surface area (Å²) in [5, 5.41) is 3.40. The van der Waals surface area contributed by atoms with Gasteiger partial charge in [0.2, 0.25) is 0 Å². The Bertz CT molecular complexity index is 603. The molecule has 0 amide bonds. The maximum Gasteiger partial charge on any atom is 0.193 e. The Morgan fingerprint density at radius 1 is 1.26 bits per heavy atom. The first kappa shape index (κ1) is 17.1. The second-order valence-electron chi connectivity index (χ2n) is 5.65. The zero-order valence-corrected chi connectivity index (χ0v) is 14.3. The Labute approximate surface area is 138 Å². The molecule has 0 spiro atoms. The van der Waals surface area contributed by atoms with Crippen LogP contribution < -0.4 is 5.32 Å². The van der Waals surface area contributed by atoms with Crippen molar-refractivity contribution >= 4 is 5.96 Å². The number of benzene rings is 1. The number of hydrogen-bond acceptors (Lipinski definition) is 2. The van der Waals surface area contributed by atoms with Crippen LogP contribution in [0.25, 0.3) is 11.3 Å². The zero-order chi connectivity index (χ0) is 16.5. The highest BCUT2D eigenvalue weighted by molar-refractivity contribution is 5.79. The molecule has 5 heteroatoms. The average molecular weight is 313 g/mol. The van der Waals surface area contributed by atoms with Gasteiger partial charge in [-0.05, 0) is 12.0 Å². The van der Waals surface area contributed by atoms with Gasteiger partial charge < -0.3 is 15.2 Å². The van der Waals surface area contributed by atoms with E-state index in [4.69, 9.17) is 0 Å². The number of aliphatic imine (C=N–C) groups is 1. The van der Waals surface area contributed by atoms with Crippen molar-refractivity contribution in [1.82, 2.24) is 20.2 Å². The molecule has 0 atom stereocenters. The van der Waals surface area contributed by atoms with Crippen LogP contribution in [0.2, 0.25) is 0 Å². The van der Waals surface area contributed by atoms with Crippen LogP contribution in [0, 0.1) is 0 Å². The minimum absolute atomic E-state index is 0.695. The summed E-state index contributed by atoms with van der Waals surface area (Å²) in [4.78, 5) is 14.3. The smallest absolute Gasteiger partial charge is 0.193 e. The van der Waals surface area contributed by atoms with E-state index in [9.17, 15) is 0 Å². The summed E-state index contributed by atoms with van der Waals surface area (Å²) in [6.07, 6.45) is 5.52. The Balaban J connectivity index is 1.92. The second-order valence-corrected chi connectivity index (χ2v) is 5.65. The number of rotatable bonds is 7. The maximum atomic E-state index is 4.48. The largest absolute Gasteiger partial charge is 0.356 e. The van der Waals surface area contributed by atoms with Gasteiger partial charge in [-0.25, -0.2) is 4.98 Å². The summed E-state index contributed by atoms with van der Waals surface area (Å²) < 4.78 is 0. The van der Waals surface area contributed by atoms with Crippen molar-refractivity contribution < 1.29 is 0 Å². The van der Waals surface area contributed by atoms with Gasteiger partial charge in [0, 0.05) is 20.6 Å². The summed E-state index contributed by atoms with van der Waals surface area (Å²) in [7, 11) is 3.84. The average Bonchev–Trinajstić information content (AvgIpc) is 3.04. The summed E-state index contributed by atoms with van der Waals surface area (Å²) >= 11 is 0. The third-order valence-corrected chi connectivity index (χ3v) is 3.74. The first-order valence-electron chi connectivity index (χ1n) is 8.25. The lowest BCUT2D eigenvalue weighted by Gasteiger charge is -2.21. The van der Waals surface area contributed by atoms with E-state index in [0.29, 0.717) is 6.54 Å². The number of H-pyrrole nitrogens is 1. The highest BCUT2D eigenvalue weighted by atomic mass is 15.3. The number of hydrogen-bond donors (Lipinski definition) is 2. The topological polar surface area (TPSA) is 56.3 Å². The number of aromatic nitrogens is 2. The van der Waals surface area contributed by atoms with Crippen molar-refractivity contribution in [3.05, 3.63) is 42.4 Å². The van der Waals surface area contributed by atoms with Gasteiger partial charge in [0.1, 0.15) is 5.82 Å². The van der Waals surface area contributed by atoms with Crippen LogP contribution in [0.5, 0.6) is 0 Å². The Hall–Kier alpha value is -2.30. The van der Waals surface area contributed by atoms with E-state index in [2.05, 4.69) is 44.2 Å². The van der Waals surface area contributed by atoms with E-state index in [-0.39, 0.29) is 0 Å². The molecule has 0 unspecified atom stereocenters. The van der Waals surface area contributed by atoms with Crippen LogP contribution in [0.1, 0.15) is 32.0 Å². The van der Waals surface area contributed by atoms with Crippen molar-refractivity contribution in [2.45, 2.75) is 32.7 Å². The molecular formula is C18H27N5. The van der Waals surface area contributed by atoms with Gasteiger partial charge in [-0.2, -0.15) is 0 Å². The lowest BCUT2D eigenvalue weighted by atomic mass is 10.2. The molecule has 2 aromatic rings. The Morgan fingerprint density at radius 2 is 2.04 bits per heavy atom. The fourth-order valence-electron chi connectivity index (χ4n) is 2.47. The number of aromatic amines is 1. The van der Waals surface area contributed by atoms with Gasteiger partial charge >= 0.3 is 0 Å². The highest BCUT2D eigenvalue weighted by Gasteiger charge is 2.09. The Kier molecular flexibility index (Phi) is 6.66. The maximum absolute atomic E-state index is 4.48. The third-order valence-electron chi connectivity index (χ3n) is 3.74. The molecule has 2 rings (SSSR count). The molecule has 0 aliphatic rings. The Morgan fingerprint density at radius 3 is 2.74 bits per heavy atom. The number of nitrogens with zero attached hydrogens (tertiary/aromatic N) is 3. The first-order valence-corrected chi connectivity index (χ1v) is 8.25. The van der Waals surface area contributed by atoms with Crippen LogP contribution in [0.3, 0.4) is 0 Å². The molecule has 0 aliphatic heterocycles. The van der Waals surface area contributed by atoms with Crippen LogP contribution in [-0.4, -0.2) is 41.5 Å². The molecule has 0 saturated carbocycles. The normalized spacial score (nSPS) is 11.5. The third kappa shape index (κ3) is 5.13. The highest BCUT2D eigenvalue weighted by Crippen LogP contribution is 2.16. The summed E-state index contributed by atoms with van der Waals surface area (Å²) in [6.45, 7) is 3.86. The molecule has 0 saturated heterocycles. The molecule has 0 bridgehead atoms. The lowest BCUT2D eigenvalue weighted by Crippen LogP contribution is -2.39.